The third-order valence-corrected chi connectivity index (χ3v) is 6.49. The van der Waals surface area contributed by atoms with Gasteiger partial charge in [0.05, 0.1) is 7.11 Å². The zero-order valence-electron chi connectivity index (χ0n) is 16.6. The van der Waals surface area contributed by atoms with E-state index in [2.05, 4.69) is 12.2 Å². The number of hydrogen-bond donors (Lipinski definition) is 1. The van der Waals surface area contributed by atoms with Crippen molar-refractivity contribution < 1.29 is 23.5 Å². The third kappa shape index (κ3) is 3.48. The smallest absolute Gasteiger partial charge is 0.375 e. The SMILES string of the molecule is COc1ccc2oc(C(=O)OCC(=O)N[C@H](C)[C@H]3C[C@@H]4CC[C@@H]3C4)c(C)c2c1. The molecule has 1 aromatic heterocycles. The highest BCUT2D eigenvalue weighted by atomic mass is 16.5. The number of fused-ring (bicyclic) bond motifs is 3. The summed E-state index contributed by atoms with van der Waals surface area (Å²) in [5.41, 5.74) is 1.26. The highest BCUT2D eigenvalue weighted by Crippen LogP contribution is 2.49. The molecule has 28 heavy (non-hydrogen) atoms. The lowest BCUT2D eigenvalue weighted by Crippen LogP contribution is -2.42. The van der Waals surface area contributed by atoms with E-state index in [4.69, 9.17) is 13.9 Å². The number of carbonyl (C=O) groups excluding carboxylic acids is 2. The monoisotopic (exact) mass is 385 g/mol. The Labute approximate surface area is 164 Å². The average Bonchev–Trinajstić information content (AvgIpc) is 3.40. The van der Waals surface area contributed by atoms with E-state index >= 15 is 0 Å². The first kappa shape index (κ1) is 18.8. The quantitative estimate of drug-likeness (QED) is 0.764. The van der Waals surface area contributed by atoms with Crippen LogP contribution in [0.1, 0.15) is 48.7 Å². The van der Waals surface area contributed by atoms with E-state index in [1.165, 1.54) is 25.7 Å². The highest BCUT2D eigenvalue weighted by Gasteiger charge is 2.42. The molecule has 0 saturated heterocycles. The van der Waals surface area contributed by atoms with Crippen LogP contribution in [0.5, 0.6) is 5.75 Å². The van der Waals surface area contributed by atoms with Gasteiger partial charge in [0.25, 0.3) is 5.91 Å². The van der Waals surface area contributed by atoms with Crippen molar-refractivity contribution in [1.82, 2.24) is 5.32 Å². The predicted octanol–water partition coefficient (Wildman–Crippen LogP) is 3.85. The molecule has 6 heteroatoms. The Morgan fingerprint density at radius 1 is 1.29 bits per heavy atom. The van der Waals surface area contributed by atoms with Gasteiger partial charge in [0.15, 0.2) is 6.61 Å². The molecule has 2 aliphatic rings. The molecule has 0 aliphatic heterocycles. The van der Waals surface area contributed by atoms with E-state index in [0.29, 0.717) is 22.8 Å². The Morgan fingerprint density at radius 3 is 2.79 bits per heavy atom. The maximum Gasteiger partial charge on any atom is 0.375 e. The Bertz CT molecular complexity index is 902. The molecule has 0 radical (unpaired) electrons. The summed E-state index contributed by atoms with van der Waals surface area (Å²) in [7, 11) is 1.59. The lowest BCUT2D eigenvalue weighted by Gasteiger charge is -2.28. The van der Waals surface area contributed by atoms with Crippen molar-refractivity contribution in [1.29, 1.82) is 0 Å². The van der Waals surface area contributed by atoms with Crippen molar-refractivity contribution in [3.8, 4) is 5.75 Å². The summed E-state index contributed by atoms with van der Waals surface area (Å²) in [5, 5.41) is 3.80. The number of nitrogens with one attached hydrogen (secondary N) is 1. The molecule has 1 aromatic carbocycles. The number of methoxy groups -OCH3 is 1. The van der Waals surface area contributed by atoms with Crippen LogP contribution in [-0.2, 0) is 9.53 Å². The zero-order valence-corrected chi connectivity index (χ0v) is 16.6. The van der Waals surface area contributed by atoms with Crippen LogP contribution in [0, 0.1) is 24.7 Å². The molecule has 150 valence electrons. The molecule has 4 rings (SSSR count). The second-order valence-electron chi connectivity index (χ2n) is 8.19. The number of carbonyl (C=O) groups is 2. The van der Waals surface area contributed by atoms with Crippen LogP contribution in [0.4, 0.5) is 0 Å². The van der Waals surface area contributed by atoms with Crippen LogP contribution in [0.2, 0.25) is 0 Å². The number of aryl methyl sites for hydroxylation is 1. The average molecular weight is 385 g/mol. The lowest BCUT2D eigenvalue weighted by molar-refractivity contribution is -0.125. The predicted molar refractivity (Wildman–Crippen MR) is 104 cm³/mol. The topological polar surface area (TPSA) is 77.8 Å². The number of esters is 1. The Morgan fingerprint density at radius 2 is 2.11 bits per heavy atom. The number of rotatable bonds is 6. The van der Waals surface area contributed by atoms with Crippen LogP contribution < -0.4 is 10.1 Å². The summed E-state index contributed by atoms with van der Waals surface area (Å²) in [4.78, 5) is 24.7. The summed E-state index contributed by atoms with van der Waals surface area (Å²) in [6, 6.07) is 5.45. The normalized spacial score (nSPS) is 24.3. The molecule has 2 aliphatic carbocycles. The van der Waals surface area contributed by atoms with Crippen molar-refractivity contribution in [2.45, 2.75) is 45.6 Å². The summed E-state index contributed by atoms with van der Waals surface area (Å²) < 4.78 is 16.0. The standard InChI is InChI=1S/C22H27NO5/c1-12-17-10-16(26-3)6-7-19(17)28-21(12)22(25)27-11-20(24)23-13(2)18-9-14-4-5-15(18)8-14/h6-7,10,13-15,18H,4-5,8-9,11H2,1-3H3,(H,23,24)/t13-,14-,15-,18-/m1/s1. The highest BCUT2D eigenvalue weighted by molar-refractivity contribution is 5.97. The van der Waals surface area contributed by atoms with Gasteiger partial charge in [-0.3, -0.25) is 4.79 Å². The van der Waals surface area contributed by atoms with E-state index in [0.717, 1.165) is 17.2 Å². The van der Waals surface area contributed by atoms with Crippen molar-refractivity contribution in [3.05, 3.63) is 29.5 Å². The van der Waals surface area contributed by atoms with Gasteiger partial charge < -0.3 is 19.2 Å². The zero-order chi connectivity index (χ0) is 19.8. The van der Waals surface area contributed by atoms with Gasteiger partial charge in [-0.1, -0.05) is 6.42 Å². The maximum atomic E-state index is 12.4. The van der Waals surface area contributed by atoms with Crippen LogP contribution >= 0.6 is 0 Å². The minimum atomic E-state index is -0.629. The van der Waals surface area contributed by atoms with E-state index in [9.17, 15) is 9.59 Å². The minimum absolute atomic E-state index is 0.113. The van der Waals surface area contributed by atoms with Crippen molar-refractivity contribution in [2.24, 2.45) is 17.8 Å². The summed E-state index contributed by atoms with van der Waals surface area (Å²) in [5.74, 6) is 2.03. The molecule has 2 aromatic rings. The fourth-order valence-electron chi connectivity index (χ4n) is 5.03. The third-order valence-electron chi connectivity index (χ3n) is 6.49. The van der Waals surface area contributed by atoms with Gasteiger partial charge in [-0.15, -0.1) is 0 Å². The fraction of sp³-hybridized carbons (Fsp3) is 0.545. The second-order valence-corrected chi connectivity index (χ2v) is 8.19. The molecule has 1 amide bonds. The summed E-state index contributed by atoms with van der Waals surface area (Å²) in [6.45, 7) is 3.55. The first-order valence-corrected chi connectivity index (χ1v) is 10.00. The van der Waals surface area contributed by atoms with Gasteiger partial charge in [-0.05, 0) is 69.1 Å². The molecule has 1 N–H and O–H groups in total. The maximum absolute atomic E-state index is 12.4. The Balaban J connectivity index is 1.34. The molecule has 2 saturated carbocycles. The first-order chi connectivity index (χ1) is 13.5. The largest absolute Gasteiger partial charge is 0.497 e. The molecule has 4 atom stereocenters. The van der Waals surface area contributed by atoms with Gasteiger partial charge in [0.2, 0.25) is 5.76 Å². The molecule has 0 spiro atoms. The van der Waals surface area contributed by atoms with Crippen molar-refractivity contribution in [3.63, 3.8) is 0 Å². The lowest BCUT2D eigenvalue weighted by atomic mass is 9.84. The Kier molecular flexibility index (Phi) is 5.04. The van der Waals surface area contributed by atoms with Crippen molar-refractivity contribution in [2.75, 3.05) is 13.7 Å². The van der Waals surface area contributed by atoms with Gasteiger partial charge >= 0.3 is 5.97 Å². The molecule has 2 fully saturated rings. The van der Waals surface area contributed by atoms with E-state index < -0.39 is 5.97 Å². The van der Waals surface area contributed by atoms with Crippen LogP contribution in [-0.4, -0.2) is 31.6 Å². The van der Waals surface area contributed by atoms with Crippen molar-refractivity contribution >= 4 is 22.8 Å². The number of benzene rings is 1. The second kappa shape index (κ2) is 7.49. The van der Waals surface area contributed by atoms with Crippen LogP contribution in [0.15, 0.2) is 22.6 Å². The molecule has 0 unspecified atom stereocenters. The van der Waals surface area contributed by atoms with E-state index in [1.54, 1.807) is 26.2 Å². The first-order valence-electron chi connectivity index (χ1n) is 10.00. The van der Waals surface area contributed by atoms with Crippen LogP contribution in [0.3, 0.4) is 0 Å². The number of amides is 1. The summed E-state index contributed by atoms with van der Waals surface area (Å²) in [6.07, 6.45) is 5.12. The van der Waals surface area contributed by atoms with Gasteiger partial charge in [-0.25, -0.2) is 4.79 Å². The summed E-state index contributed by atoms with van der Waals surface area (Å²) >= 11 is 0. The molecular weight excluding hydrogens is 358 g/mol. The van der Waals surface area contributed by atoms with Gasteiger partial charge in [-0.2, -0.15) is 0 Å². The number of furan rings is 1. The minimum Gasteiger partial charge on any atom is -0.497 e. The molecule has 6 nitrogen and oxygen atoms in total. The number of hydrogen-bond acceptors (Lipinski definition) is 5. The number of ether oxygens (including phenoxy) is 2. The molecule has 1 heterocycles. The molecule has 2 bridgehead atoms. The fourth-order valence-corrected chi connectivity index (χ4v) is 5.03. The van der Waals surface area contributed by atoms with E-state index in [1.807, 2.05) is 6.07 Å². The van der Waals surface area contributed by atoms with Gasteiger partial charge in [0, 0.05) is 17.0 Å². The molecular formula is C22H27NO5. The van der Waals surface area contributed by atoms with Crippen LogP contribution in [0.25, 0.3) is 11.0 Å². The van der Waals surface area contributed by atoms with Gasteiger partial charge in [0.1, 0.15) is 11.3 Å². The van der Waals surface area contributed by atoms with E-state index in [-0.39, 0.29) is 24.3 Å². The Hall–Kier alpha value is -2.50.